The predicted octanol–water partition coefficient (Wildman–Crippen LogP) is 5.21. The van der Waals surface area contributed by atoms with Crippen LogP contribution in [-0.4, -0.2) is 36.9 Å². The number of ether oxygens (including phenoxy) is 2. The lowest BCUT2D eigenvalue weighted by molar-refractivity contribution is -0.140. The van der Waals surface area contributed by atoms with Gasteiger partial charge in [0.2, 0.25) is 0 Å². The molecule has 0 rings (SSSR count). The van der Waals surface area contributed by atoms with Crippen molar-refractivity contribution in [2.75, 3.05) is 19.8 Å². The Bertz CT molecular complexity index is 619. The number of rotatable bonds is 14. The Hall–Kier alpha value is -2.14. The molecule has 0 atom stereocenters. The summed E-state index contributed by atoms with van der Waals surface area (Å²) in [6.07, 6.45) is 13.3. The van der Waals surface area contributed by atoms with E-state index >= 15 is 0 Å². The molecule has 0 aliphatic carbocycles. The molecule has 0 fully saturated rings. The lowest BCUT2D eigenvalue weighted by atomic mass is 10.0. The number of carbonyl (C=O) groups is 2. The van der Waals surface area contributed by atoms with E-state index < -0.39 is 0 Å². The highest BCUT2D eigenvalue weighted by molar-refractivity contribution is 5.66. The Balaban J connectivity index is 4.91. The molecule has 5 heteroatoms. The number of aliphatic hydroxyl groups is 1. The average molecular weight is 407 g/mol. The summed E-state index contributed by atoms with van der Waals surface area (Å²) in [5, 5.41) is 8.94. The average Bonchev–Trinajstić information content (AvgIpc) is 2.62. The van der Waals surface area contributed by atoms with Crippen molar-refractivity contribution >= 4 is 11.9 Å². The molecule has 0 spiro atoms. The first-order valence-electron chi connectivity index (χ1n) is 10.3. The lowest BCUT2D eigenvalue weighted by Gasteiger charge is -2.10. The smallest absolute Gasteiger partial charge is 0.302 e. The molecule has 1 N–H and O–H groups in total. The first-order valence-corrected chi connectivity index (χ1v) is 10.3. The largest absolute Gasteiger partial charge is 0.461 e. The van der Waals surface area contributed by atoms with Crippen LogP contribution in [0.25, 0.3) is 0 Å². The van der Waals surface area contributed by atoms with Gasteiger partial charge in [-0.2, -0.15) is 0 Å². The van der Waals surface area contributed by atoms with Crippen LogP contribution in [0.3, 0.4) is 0 Å². The first-order chi connectivity index (χ1) is 13.7. The molecule has 29 heavy (non-hydrogen) atoms. The Morgan fingerprint density at radius 2 is 1.14 bits per heavy atom. The SMILES string of the molecule is CC(=O)OCC(=CCCC(C)=CCO)CCC=C(CCC=C(C)C)COC(C)=O. The zero-order valence-corrected chi connectivity index (χ0v) is 18.8. The molecule has 0 heterocycles. The van der Waals surface area contributed by atoms with E-state index in [0.29, 0.717) is 13.2 Å². The lowest BCUT2D eigenvalue weighted by Crippen LogP contribution is -2.05. The minimum atomic E-state index is -0.292. The van der Waals surface area contributed by atoms with E-state index in [1.165, 1.54) is 19.4 Å². The van der Waals surface area contributed by atoms with Gasteiger partial charge in [0, 0.05) is 13.8 Å². The number of hydrogen-bond donors (Lipinski definition) is 1. The molecule has 0 aromatic rings. The maximum atomic E-state index is 11.2. The van der Waals surface area contributed by atoms with Crippen LogP contribution in [0, 0.1) is 0 Å². The van der Waals surface area contributed by atoms with Gasteiger partial charge in [0.15, 0.2) is 0 Å². The summed E-state index contributed by atoms with van der Waals surface area (Å²) in [5.41, 5.74) is 4.59. The van der Waals surface area contributed by atoms with Crippen LogP contribution in [-0.2, 0) is 19.1 Å². The van der Waals surface area contributed by atoms with E-state index in [0.717, 1.165) is 55.2 Å². The van der Waals surface area contributed by atoms with Gasteiger partial charge in [-0.25, -0.2) is 0 Å². The fourth-order valence-electron chi connectivity index (χ4n) is 2.62. The zero-order valence-electron chi connectivity index (χ0n) is 18.8. The molecule has 0 bridgehead atoms. The Morgan fingerprint density at radius 1 is 0.690 bits per heavy atom. The van der Waals surface area contributed by atoms with E-state index in [1.807, 2.05) is 6.92 Å². The van der Waals surface area contributed by atoms with Crippen molar-refractivity contribution < 1.29 is 24.2 Å². The van der Waals surface area contributed by atoms with Crippen LogP contribution >= 0.6 is 0 Å². The van der Waals surface area contributed by atoms with Gasteiger partial charge in [-0.1, -0.05) is 35.5 Å². The van der Waals surface area contributed by atoms with Gasteiger partial charge in [0.1, 0.15) is 13.2 Å². The van der Waals surface area contributed by atoms with Crippen LogP contribution in [0.15, 0.2) is 46.6 Å². The van der Waals surface area contributed by atoms with Crippen molar-refractivity contribution in [3.05, 3.63) is 46.6 Å². The highest BCUT2D eigenvalue weighted by Crippen LogP contribution is 2.15. The van der Waals surface area contributed by atoms with Crippen molar-refractivity contribution in [3.8, 4) is 0 Å². The number of carbonyl (C=O) groups excluding carboxylic acids is 2. The predicted molar refractivity (Wildman–Crippen MR) is 117 cm³/mol. The topological polar surface area (TPSA) is 72.8 Å². The van der Waals surface area contributed by atoms with Crippen molar-refractivity contribution in [2.45, 2.75) is 73.1 Å². The third kappa shape index (κ3) is 17.7. The van der Waals surface area contributed by atoms with Crippen LogP contribution in [0.4, 0.5) is 0 Å². The van der Waals surface area contributed by atoms with Crippen molar-refractivity contribution in [3.63, 3.8) is 0 Å². The van der Waals surface area contributed by atoms with Crippen LogP contribution in [0.1, 0.15) is 73.1 Å². The molecular formula is C24H38O5. The molecule has 0 unspecified atom stereocenters. The first kappa shape index (κ1) is 26.9. The van der Waals surface area contributed by atoms with Gasteiger partial charge in [-0.05, 0) is 70.4 Å². The van der Waals surface area contributed by atoms with Gasteiger partial charge in [-0.15, -0.1) is 0 Å². The number of allylic oxidation sites excluding steroid dienone is 5. The van der Waals surface area contributed by atoms with Crippen molar-refractivity contribution in [1.82, 2.24) is 0 Å². The Labute approximate surface area is 176 Å². The fourth-order valence-corrected chi connectivity index (χ4v) is 2.62. The molecule has 0 saturated heterocycles. The van der Waals surface area contributed by atoms with Gasteiger partial charge < -0.3 is 14.6 Å². The van der Waals surface area contributed by atoms with Crippen LogP contribution in [0.5, 0.6) is 0 Å². The molecule has 5 nitrogen and oxygen atoms in total. The molecule has 0 aromatic carbocycles. The monoisotopic (exact) mass is 406 g/mol. The van der Waals surface area contributed by atoms with Crippen LogP contribution in [0.2, 0.25) is 0 Å². The van der Waals surface area contributed by atoms with Crippen molar-refractivity contribution in [2.24, 2.45) is 0 Å². The second kappa shape index (κ2) is 16.8. The molecule has 164 valence electrons. The number of aliphatic hydroxyl groups excluding tert-OH is 1. The highest BCUT2D eigenvalue weighted by atomic mass is 16.5. The summed E-state index contributed by atoms with van der Waals surface area (Å²) in [5.74, 6) is -0.570. The number of hydrogen-bond acceptors (Lipinski definition) is 5. The zero-order chi connectivity index (χ0) is 22.1. The Kier molecular flexibility index (Phi) is 15.5. The van der Waals surface area contributed by atoms with E-state index in [-0.39, 0.29) is 18.5 Å². The van der Waals surface area contributed by atoms with Crippen LogP contribution < -0.4 is 0 Å². The second-order valence-corrected chi connectivity index (χ2v) is 7.42. The summed E-state index contributed by atoms with van der Waals surface area (Å²) in [7, 11) is 0. The molecule has 0 radical (unpaired) electrons. The maximum Gasteiger partial charge on any atom is 0.302 e. The molecule has 0 saturated carbocycles. The summed E-state index contributed by atoms with van der Waals surface area (Å²) in [6, 6.07) is 0. The summed E-state index contributed by atoms with van der Waals surface area (Å²) < 4.78 is 10.4. The standard InChI is InChI=1S/C24H38O5/c1-19(2)9-6-11-23(17-28-21(4)26)13-8-14-24(18-29-22(5)27)12-7-10-20(3)15-16-25/h9,12-13,15,25H,6-8,10-11,14,16-18H2,1-5H3. The molecule has 0 aromatic heterocycles. The summed E-state index contributed by atoms with van der Waals surface area (Å²) in [6.45, 7) is 9.62. The summed E-state index contributed by atoms with van der Waals surface area (Å²) >= 11 is 0. The number of esters is 2. The Morgan fingerprint density at radius 3 is 1.55 bits per heavy atom. The minimum Gasteiger partial charge on any atom is -0.461 e. The molecule has 0 aliphatic rings. The van der Waals surface area contributed by atoms with Gasteiger partial charge >= 0.3 is 11.9 Å². The molecule has 0 amide bonds. The molecular weight excluding hydrogens is 368 g/mol. The van der Waals surface area contributed by atoms with E-state index in [2.05, 4.69) is 32.1 Å². The van der Waals surface area contributed by atoms with Gasteiger partial charge in [-0.3, -0.25) is 9.59 Å². The normalized spacial score (nSPS) is 12.6. The van der Waals surface area contributed by atoms with E-state index in [1.54, 1.807) is 6.08 Å². The van der Waals surface area contributed by atoms with Gasteiger partial charge in [0.05, 0.1) is 6.61 Å². The third-order valence-corrected chi connectivity index (χ3v) is 4.25. The quantitative estimate of drug-likeness (QED) is 0.317. The molecule has 0 aliphatic heterocycles. The van der Waals surface area contributed by atoms with Crippen molar-refractivity contribution in [1.29, 1.82) is 0 Å². The fraction of sp³-hybridized carbons (Fsp3) is 0.583. The summed E-state index contributed by atoms with van der Waals surface area (Å²) in [4.78, 5) is 22.3. The second-order valence-electron chi connectivity index (χ2n) is 7.42. The van der Waals surface area contributed by atoms with E-state index in [9.17, 15) is 9.59 Å². The minimum absolute atomic E-state index is 0.0541. The van der Waals surface area contributed by atoms with Gasteiger partial charge in [0.25, 0.3) is 0 Å². The van der Waals surface area contributed by atoms with E-state index in [4.69, 9.17) is 14.6 Å². The maximum absolute atomic E-state index is 11.2. The third-order valence-electron chi connectivity index (χ3n) is 4.25. The highest BCUT2D eigenvalue weighted by Gasteiger charge is 2.04.